The lowest BCUT2D eigenvalue weighted by atomic mass is 9.86. The molecule has 1 aromatic carbocycles. The van der Waals surface area contributed by atoms with Gasteiger partial charge in [0.2, 0.25) is 10.0 Å². The fraction of sp³-hybridized carbons (Fsp3) is 0.667. The lowest BCUT2D eigenvalue weighted by molar-refractivity contribution is 0.180. The molecule has 4 nitrogen and oxygen atoms in total. The van der Waals surface area contributed by atoms with Crippen LogP contribution in [0.5, 0.6) is 0 Å². The summed E-state index contributed by atoms with van der Waals surface area (Å²) >= 11 is 0. The molecule has 1 aliphatic rings. The molecular formula is C18H30N2O2S. The van der Waals surface area contributed by atoms with Gasteiger partial charge < -0.3 is 4.90 Å². The second-order valence-electron chi connectivity index (χ2n) is 6.63. The number of nitrogens with one attached hydrogen (secondary N) is 1. The number of nitrogens with zero attached hydrogens (tertiary/aromatic N) is 1. The Balaban J connectivity index is 2.08. The number of aryl methyl sites for hydroxylation is 1. The number of hydrogen-bond donors (Lipinski definition) is 1. The Bertz CT molecular complexity index is 607. The van der Waals surface area contributed by atoms with Gasteiger partial charge in [0.05, 0.1) is 6.26 Å². The minimum absolute atomic E-state index is 0.379. The Hall–Kier alpha value is -0.910. The monoisotopic (exact) mass is 338 g/mol. The molecule has 1 atom stereocenters. The van der Waals surface area contributed by atoms with Crippen molar-refractivity contribution in [2.75, 3.05) is 19.3 Å². The van der Waals surface area contributed by atoms with E-state index in [1.165, 1.54) is 49.7 Å². The molecule has 130 valence electrons. The largest absolute Gasteiger partial charge is 0.300 e. The average Bonchev–Trinajstić information content (AvgIpc) is 2.51. The van der Waals surface area contributed by atoms with Crippen LogP contribution in [0.2, 0.25) is 0 Å². The zero-order valence-electron chi connectivity index (χ0n) is 14.6. The summed E-state index contributed by atoms with van der Waals surface area (Å²) in [5.74, 6) is 0. The predicted molar refractivity (Wildman–Crippen MR) is 96.1 cm³/mol. The summed E-state index contributed by atoms with van der Waals surface area (Å²) in [5, 5.41) is 0. The summed E-state index contributed by atoms with van der Waals surface area (Å²) < 4.78 is 25.1. The van der Waals surface area contributed by atoms with E-state index in [4.69, 9.17) is 0 Å². The number of hydrogen-bond acceptors (Lipinski definition) is 3. The lowest BCUT2D eigenvalue weighted by Gasteiger charge is -2.35. The van der Waals surface area contributed by atoms with Crippen LogP contribution in [0.25, 0.3) is 0 Å². The van der Waals surface area contributed by atoms with Crippen molar-refractivity contribution in [2.24, 2.45) is 0 Å². The van der Waals surface area contributed by atoms with Crippen LogP contribution >= 0.6 is 0 Å². The van der Waals surface area contributed by atoms with Crippen LogP contribution in [-0.2, 0) is 29.4 Å². The summed E-state index contributed by atoms with van der Waals surface area (Å²) in [5.41, 5.74) is 3.87. The van der Waals surface area contributed by atoms with E-state index < -0.39 is 10.0 Å². The molecule has 1 N–H and O–H groups in total. The smallest absolute Gasteiger partial charge is 0.209 e. The minimum Gasteiger partial charge on any atom is -0.300 e. The Morgan fingerprint density at radius 3 is 2.48 bits per heavy atom. The zero-order valence-corrected chi connectivity index (χ0v) is 15.5. The molecule has 0 fully saturated rings. The second-order valence-corrected chi connectivity index (χ2v) is 8.46. The average molecular weight is 339 g/mol. The molecule has 0 saturated heterocycles. The molecule has 0 heterocycles. The maximum absolute atomic E-state index is 11.3. The van der Waals surface area contributed by atoms with E-state index in [1.54, 1.807) is 0 Å². The Morgan fingerprint density at radius 1 is 1.17 bits per heavy atom. The van der Waals surface area contributed by atoms with Gasteiger partial charge >= 0.3 is 0 Å². The first-order valence-electron chi connectivity index (χ1n) is 8.72. The highest BCUT2D eigenvalue weighted by atomic mass is 32.2. The summed E-state index contributed by atoms with van der Waals surface area (Å²) in [7, 11) is -3.14. The Kier molecular flexibility index (Phi) is 6.62. The van der Waals surface area contributed by atoms with Crippen molar-refractivity contribution in [1.29, 1.82) is 0 Å². The van der Waals surface area contributed by atoms with Crippen molar-refractivity contribution >= 4 is 10.0 Å². The maximum atomic E-state index is 11.3. The summed E-state index contributed by atoms with van der Waals surface area (Å²) in [6.45, 7) is 7.21. The highest BCUT2D eigenvalue weighted by Gasteiger charge is 2.23. The van der Waals surface area contributed by atoms with Crippen molar-refractivity contribution in [3.63, 3.8) is 0 Å². The SMILES string of the molecule is CCCN(CCC)[C@@H]1CCc2ccc(CNS(C)(=O)=O)cc2C1. The molecule has 0 saturated carbocycles. The van der Waals surface area contributed by atoms with Gasteiger partial charge in [-0.15, -0.1) is 0 Å². The first-order valence-corrected chi connectivity index (χ1v) is 10.6. The molecule has 0 unspecified atom stereocenters. The van der Waals surface area contributed by atoms with Crippen molar-refractivity contribution in [3.05, 3.63) is 34.9 Å². The van der Waals surface area contributed by atoms with Crippen LogP contribution < -0.4 is 4.72 Å². The van der Waals surface area contributed by atoms with Crippen molar-refractivity contribution in [3.8, 4) is 0 Å². The van der Waals surface area contributed by atoms with Gasteiger partial charge in [0.15, 0.2) is 0 Å². The molecule has 0 bridgehead atoms. The number of fused-ring (bicyclic) bond motifs is 1. The molecule has 5 heteroatoms. The Morgan fingerprint density at radius 2 is 1.87 bits per heavy atom. The van der Waals surface area contributed by atoms with E-state index in [1.807, 2.05) is 6.07 Å². The van der Waals surface area contributed by atoms with Gasteiger partial charge in [-0.25, -0.2) is 13.1 Å². The standard InChI is InChI=1S/C18H30N2O2S/c1-4-10-20(11-5-2)18-9-8-16-7-6-15(12-17(16)13-18)14-19-23(3,21)22/h6-7,12,18-19H,4-5,8-11,13-14H2,1-3H3/t18-/m1/s1. The van der Waals surface area contributed by atoms with Crippen LogP contribution in [-0.4, -0.2) is 38.7 Å². The van der Waals surface area contributed by atoms with Gasteiger partial charge in [-0.2, -0.15) is 0 Å². The summed E-state index contributed by atoms with van der Waals surface area (Å²) in [4.78, 5) is 2.63. The summed E-state index contributed by atoms with van der Waals surface area (Å²) in [6, 6.07) is 7.04. The van der Waals surface area contributed by atoms with E-state index in [-0.39, 0.29) is 0 Å². The van der Waals surface area contributed by atoms with Crippen LogP contribution in [0.3, 0.4) is 0 Å². The minimum atomic E-state index is -3.14. The van der Waals surface area contributed by atoms with Crippen LogP contribution in [0, 0.1) is 0 Å². The number of rotatable bonds is 8. The Labute approximate surface area is 141 Å². The molecule has 1 aromatic rings. The van der Waals surface area contributed by atoms with E-state index in [9.17, 15) is 8.42 Å². The van der Waals surface area contributed by atoms with E-state index in [0.717, 1.165) is 18.4 Å². The van der Waals surface area contributed by atoms with Gasteiger partial charge in [-0.3, -0.25) is 0 Å². The first kappa shape index (κ1) is 18.4. The molecule has 0 aliphatic heterocycles. The van der Waals surface area contributed by atoms with Crippen LogP contribution in [0.4, 0.5) is 0 Å². The fourth-order valence-electron chi connectivity index (χ4n) is 3.48. The summed E-state index contributed by atoms with van der Waals surface area (Å²) in [6.07, 6.45) is 7.04. The van der Waals surface area contributed by atoms with Gasteiger partial charge in [0.25, 0.3) is 0 Å². The predicted octanol–water partition coefficient (Wildman–Crippen LogP) is 2.72. The number of benzene rings is 1. The number of sulfonamides is 1. The van der Waals surface area contributed by atoms with Gasteiger partial charge in [-0.05, 0) is 61.9 Å². The molecule has 0 spiro atoms. The molecule has 0 aromatic heterocycles. The molecule has 0 radical (unpaired) electrons. The topological polar surface area (TPSA) is 49.4 Å². The van der Waals surface area contributed by atoms with E-state index in [2.05, 4.69) is 35.6 Å². The second kappa shape index (κ2) is 8.27. The molecule has 2 rings (SSSR count). The van der Waals surface area contributed by atoms with Crippen molar-refractivity contribution in [1.82, 2.24) is 9.62 Å². The lowest BCUT2D eigenvalue weighted by Crippen LogP contribution is -2.40. The third-order valence-corrected chi connectivity index (χ3v) is 5.22. The highest BCUT2D eigenvalue weighted by Crippen LogP contribution is 2.26. The third-order valence-electron chi connectivity index (χ3n) is 4.55. The third kappa shape index (κ3) is 5.59. The van der Waals surface area contributed by atoms with Crippen LogP contribution in [0.1, 0.15) is 49.8 Å². The first-order chi connectivity index (χ1) is 10.9. The normalized spacial score (nSPS) is 18.2. The van der Waals surface area contributed by atoms with E-state index in [0.29, 0.717) is 12.6 Å². The van der Waals surface area contributed by atoms with Gasteiger partial charge in [-0.1, -0.05) is 32.0 Å². The van der Waals surface area contributed by atoms with E-state index >= 15 is 0 Å². The molecule has 1 aliphatic carbocycles. The maximum Gasteiger partial charge on any atom is 0.209 e. The quantitative estimate of drug-likeness (QED) is 0.793. The molecular weight excluding hydrogens is 308 g/mol. The van der Waals surface area contributed by atoms with Gasteiger partial charge in [0.1, 0.15) is 0 Å². The molecule has 0 amide bonds. The van der Waals surface area contributed by atoms with Gasteiger partial charge in [0, 0.05) is 12.6 Å². The zero-order chi connectivity index (χ0) is 16.9. The fourth-order valence-corrected chi connectivity index (χ4v) is 3.91. The highest BCUT2D eigenvalue weighted by molar-refractivity contribution is 7.88. The van der Waals surface area contributed by atoms with Crippen LogP contribution in [0.15, 0.2) is 18.2 Å². The van der Waals surface area contributed by atoms with Crippen molar-refractivity contribution in [2.45, 2.75) is 58.5 Å². The molecule has 23 heavy (non-hydrogen) atoms. The van der Waals surface area contributed by atoms with Crippen molar-refractivity contribution < 1.29 is 8.42 Å².